The number of benzene rings is 1. The van der Waals surface area contributed by atoms with E-state index < -0.39 is 0 Å². The van der Waals surface area contributed by atoms with E-state index in [1.807, 2.05) is 12.1 Å². The van der Waals surface area contributed by atoms with Gasteiger partial charge in [0.05, 0.1) is 6.61 Å². The highest BCUT2D eigenvalue weighted by Crippen LogP contribution is 2.14. The lowest BCUT2D eigenvalue weighted by atomic mass is 10.1. The molecule has 1 aromatic rings. The van der Waals surface area contributed by atoms with Crippen LogP contribution in [-0.2, 0) is 5.75 Å². The average molecular weight is 308 g/mol. The molecule has 0 spiro atoms. The average Bonchev–Trinajstić information content (AvgIpc) is 2.53. The summed E-state index contributed by atoms with van der Waals surface area (Å²) in [6.45, 7) is 3.11. The number of rotatable bonds is 13. The zero-order valence-electron chi connectivity index (χ0n) is 13.6. The Morgan fingerprint density at radius 3 is 1.81 bits per heavy atom. The van der Waals surface area contributed by atoms with Crippen LogP contribution in [0.15, 0.2) is 24.3 Å². The Balaban J connectivity index is 1.88. The second-order valence-corrected chi connectivity index (χ2v) is 6.11. The van der Waals surface area contributed by atoms with Crippen LogP contribution in [-0.4, -0.2) is 6.61 Å². The molecule has 1 nitrogen and oxygen atoms in total. The molecule has 0 bridgehead atoms. The lowest BCUT2D eigenvalue weighted by molar-refractivity contribution is 0.304. The summed E-state index contributed by atoms with van der Waals surface area (Å²) < 4.78 is 5.74. The van der Waals surface area contributed by atoms with Gasteiger partial charge in [0, 0.05) is 5.75 Å². The van der Waals surface area contributed by atoms with Crippen molar-refractivity contribution in [2.45, 2.75) is 76.9 Å². The minimum Gasteiger partial charge on any atom is -0.494 e. The quantitative estimate of drug-likeness (QED) is 0.369. The van der Waals surface area contributed by atoms with Crippen LogP contribution in [0.2, 0.25) is 0 Å². The van der Waals surface area contributed by atoms with Crippen molar-refractivity contribution in [1.29, 1.82) is 0 Å². The molecule has 1 rings (SSSR count). The van der Waals surface area contributed by atoms with Crippen molar-refractivity contribution in [3.63, 3.8) is 0 Å². The zero-order valence-corrected chi connectivity index (χ0v) is 14.4. The molecular weight excluding hydrogens is 276 g/mol. The highest BCUT2D eigenvalue weighted by molar-refractivity contribution is 7.79. The maximum absolute atomic E-state index is 5.74. The van der Waals surface area contributed by atoms with E-state index in [0.29, 0.717) is 5.75 Å². The summed E-state index contributed by atoms with van der Waals surface area (Å²) in [5.74, 6) is 1.65. The molecule has 0 N–H and O–H groups in total. The minimum atomic E-state index is 0.679. The summed E-state index contributed by atoms with van der Waals surface area (Å²) in [4.78, 5) is 0. The van der Waals surface area contributed by atoms with Gasteiger partial charge in [0.15, 0.2) is 0 Å². The maximum Gasteiger partial charge on any atom is 0.119 e. The predicted molar refractivity (Wildman–Crippen MR) is 95.1 cm³/mol. The molecule has 1 aromatic carbocycles. The lowest BCUT2D eigenvalue weighted by Gasteiger charge is -2.06. The Morgan fingerprint density at radius 2 is 1.29 bits per heavy atom. The van der Waals surface area contributed by atoms with E-state index in [4.69, 9.17) is 17.4 Å². The number of ether oxygens (including phenoxy) is 1. The summed E-state index contributed by atoms with van der Waals surface area (Å²) in [5, 5.41) is 0. The second-order valence-electron chi connectivity index (χ2n) is 5.82. The molecule has 0 heterocycles. The largest absolute Gasteiger partial charge is 0.494 e. The summed E-state index contributed by atoms with van der Waals surface area (Å²) in [5.41, 5.74) is 1.19. The van der Waals surface area contributed by atoms with Crippen LogP contribution in [0.25, 0.3) is 0 Å². The summed E-state index contributed by atoms with van der Waals surface area (Å²) >= 11 is 5.01. The van der Waals surface area contributed by atoms with Gasteiger partial charge in [-0.1, -0.05) is 89.5 Å². The molecule has 2 heteroatoms. The molecule has 119 valence electrons. The summed E-state index contributed by atoms with van der Waals surface area (Å²) in [6.07, 6.45) is 13.6. The van der Waals surface area contributed by atoms with Crippen molar-refractivity contribution in [3.8, 4) is 5.75 Å². The van der Waals surface area contributed by atoms with E-state index in [1.165, 1.54) is 69.8 Å². The molecular formula is C19H31OS. The zero-order chi connectivity index (χ0) is 15.2. The second kappa shape index (κ2) is 13.1. The van der Waals surface area contributed by atoms with Gasteiger partial charge < -0.3 is 4.74 Å². The Labute approximate surface area is 136 Å². The van der Waals surface area contributed by atoms with Crippen LogP contribution in [0.3, 0.4) is 0 Å². The van der Waals surface area contributed by atoms with Crippen molar-refractivity contribution < 1.29 is 4.74 Å². The van der Waals surface area contributed by atoms with Crippen LogP contribution in [0.5, 0.6) is 5.75 Å². The van der Waals surface area contributed by atoms with E-state index in [1.54, 1.807) is 0 Å². The van der Waals surface area contributed by atoms with E-state index in [0.717, 1.165) is 12.4 Å². The van der Waals surface area contributed by atoms with Crippen LogP contribution in [0.1, 0.15) is 76.7 Å². The molecule has 0 atom stereocenters. The molecule has 0 aromatic heterocycles. The standard InChI is InChI=1S/C19H31OS/c1-2-3-4-5-6-7-8-9-10-11-16-20-19-14-12-18(17-21)13-15-19/h12-15H,2-11,16-17H2,1H3. The molecule has 0 saturated heterocycles. The Bertz CT molecular complexity index is 334. The van der Waals surface area contributed by atoms with Crippen molar-refractivity contribution in [2.75, 3.05) is 6.61 Å². The smallest absolute Gasteiger partial charge is 0.119 e. The molecule has 0 saturated carbocycles. The number of hydrogen-bond donors (Lipinski definition) is 0. The van der Waals surface area contributed by atoms with Crippen molar-refractivity contribution >= 4 is 12.6 Å². The Hall–Kier alpha value is -0.630. The SMILES string of the molecule is CCCCCCCCCCCCOc1ccc(C[S])cc1. The first kappa shape index (κ1) is 18.4. The van der Waals surface area contributed by atoms with Gasteiger partial charge in [-0.3, -0.25) is 0 Å². The van der Waals surface area contributed by atoms with Gasteiger partial charge in [0.2, 0.25) is 0 Å². The van der Waals surface area contributed by atoms with Crippen LogP contribution in [0.4, 0.5) is 0 Å². The van der Waals surface area contributed by atoms with Crippen molar-refractivity contribution in [1.82, 2.24) is 0 Å². The first-order valence-electron chi connectivity index (χ1n) is 8.66. The van der Waals surface area contributed by atoms with Crippen LogP contribution in [0, 0.1) is 0 Å². The third kappa shape index (κ3) is 9.84. The fraction of sp³-hybridized carbons (Fsp3) is 0.684. The Kier molecular flexibility index (Phi) is 11.5. The summed E-state index contributed by atoms with van der Waals surface area (Å²) in [6, 6.07) is 8.16. The fourth-order valence-electron chi connectivity index (χ4n) is 2.46. The van der Waals surface area contributed by atoms with Gasteiger partial charge in [0.25, 0.3) is 0 Å². The van der Waals surface area contributed by atoms with Gasteiger partial charge in [-0.2, -0.15) is 0 Å². The van der Waals surface area contributed by atoms with Crippen molar-refractivity contribution in [3.05, 3.63) is 29.8 Å². The third-order valence-corrected chi connectivity index (χ3v) is 4.19. The summed E-state index contributed by atoms with van der Waals surface area (Å²) in [7, 11) is 0. The third-order valence-electron chi connectivity index (χ3n) is 3.86. The highest BCUT2D eigenvalue weighted by Gasteiger charge is 1.96. The van der Waals surface area contributed by atoms with Crippen LogP contribution >= 0.6 is 12.6 Å². The van der Waals surface area contributed by atoms with E-state index in [2.05, 4.69) is 19.1 Å². The predicted octanol–water partition coefficient (Wildman–Crippen LogP) is 6.68. The first-order valence-corrected chi connectivity index (χ1v) is 9.24. The Morgan fingerprint density at radius 1 is 0.762 bits per heavy atom. The van der Waals surface area contributed by atoms with Gasteiger partial charge in [-0.05, 0) is 24.1 Å². The topological polar surface area (TPSA) is 9.23 Å². The number of unbranched alkanes of at least 4 members (excludes halogenated alkanes) is 9. The molecule has 0 aliphatic heterocycles. The molecule has 21 heavy (non-hydrogen) atoms. The van der Waals surface area contributed by atoms with Gasteiger partial charge in [-0.15, -0.1) is 0 Å². The molecule has 0 unspecified atom stereocenters. The normalized spacial score (nSPS) is 10.8. The minimum absolute atomic E-state index is 0.679. The molecule has 1 radical (unpaired) electrons. The van der Waals surface area contributed by atoms with Gasteiger partial charge in [-0.25, -0.2) is 0 Å². The van der Waals surface area contributed by atoms with E-state index >= 15 is 0 Å². The first-order chi connectivity index (χ1) is 10.4. The number of hydrogen-bond acceptors (Lipinski definition) is 1. The molecule has 0 aliphatic rings. The van der Waals surface area contributed by atoms with Crippen LogP contribution < -0.4 is 4.74 Å². The van der Waals surface area contributed by atoms with Gasteiger partial charge >= 0.3 is 0 Å². The molecule has 0 amide bonds. The fourth-order valence-corrected chi connectivity index (χ4v) is 2.65. The van der Waals surface area contributed by atoms with E-state index in [9.17, 15) is 0 Å². The molecule has 0 aliphatic carbocycles. The monoisotopic (exact) mass is 307 g/mol. The van der Waals surface area contributed by atoms with Gasteiger partial charge in [0.1, 0.15) is 5.75 Å². The van der Waals surface area contributed by atoms with Crippen molar-refractivity contribution in [2.24, 2.45) is 0 Å². The maximum atomic E-state index is 5.74. The van der Waals surface area contributed by atoms with E-state index in [-0.39, 0.29) is 0 Å². The lowest BCUT2D eigenvalue weighted by Crippen LogP contribution is -1.97. The molecule has 0 fully saturated rings. The highest BCUT2D eigenvalue weighted by atomic mass is 32.1.